The van der Waals surface area contributed by atoms with Crippen LogP contribution in [0.25, 0.3) is 0 Å². The quantitative estimate of drug-likeness (QED) is 0.929. The third-order valence-corrected chi connectivity index (χ3v) is 4.83. The first-order chi connectivity index (χ1) is 9.94. The molecule has 6 heteroatoms. The number of nitrogens with zero attached hydrogens (tertiary/aromatic N) is 1. The lowest BCUT2D eigenvalue weighted by atomic mass is 9.89. The van der Waals surface area contributed by atoms with Gasteiger partial charge in [0.15, 0.2) is 0 Å². The van der Waals surface area contributed by atoms with Crippen LogP contribution in [0, 0.1) is 11.7 Å². The van der Waals surface area contributed by atoms with Crippen molar-refractivity contribution < 1.29 is 14.0 Å². The van der Waals surface area contributed by atoms with Gasteiger partial charge < -0.3 is 10.2 Å². The number of nitrogens with one attached hydrogen (secondary N) is 1. The SMILES string of the molecule is CC1(C2CC2)C(=O)NCC(=O)N1Cc1c(F)cccc1Cl. The van der Waals surface area contributed by atoms with Crippen LogP contribution in [0.5, 0.6) is 0 Å². The van der Waals surface area contributed by atoms with Crippen LogP contribution in [0.1, 0.15) is 25.3 Å². The normalized spacial score (nSPS) is 26.0. The number of halogens is 2. The van der Waals surface area contributed by atoms with Gasteiger partial charge in [-0.25, -0.2) is 4.39 Å². The van der Waals surface area contributed by atoms with Gasteiger partial charge >= 0.3 is 0 Å². The molecule has 1 saturated heterocycles. The lowest BCUT2D eigenvalue weighted by Gasteiger charge is -2.44. The largest absolute Gasteiger partial charge is 0.345 e. The fourth-order valence-corrected chi connectivity index (χ4v) is 3.18. The van der Waals surface area contributed by atoms with Gasteiger partial charge in [0.1, 0.15) is 11.4 Å². The molecule has 1 aliphatic carbocycles. The highest BCUT2D eigenvalue weighted by atomic mass is 35.5. The molecule has 0 spiro atoms. The lowest BCUT2D eigenvalue weighted by Crippen LogP contribution is -2.66. The number of amides is 2. The summed E-state index contributed by atoms with van der Waals surface area (Å²) in [6.07, 6.45) is 1.80. The predicted molar refractivity (Wildman–Crippen MR) is 76.1 cm³/mol. The molecule has 1 unspecified atom stereocenters. The van der Waals surface area contributed by atoms with E-state index in [-0.39, 0.29) is 41.4 Å². The highest BCUT2D eigenvalue weighted by molar-refractivity contribution is 6.31. The Kier molecular flexibility index (Phi) is 3.40. The van der Waals surface area contributed by atoms with Crippen LogP contribution >= 0.6 is 11.6 Å². The molecule has 1 atom stereocenters. The summed E-state index contributed by atoms with van der Waals surface area (Å²) in [5.74, 6) is -0.702. The van der Waals surface area contributed by atoms with Crippen LogP contribution in [-0.4, -0.2) is 28.8 Å². The maximum absolute atomic E-state index is 14.0. The van der Waals surface area contributed by atoms with E-state index in [1.54, 1.807) is 13.0 Å². The average molecular weight is 311 g/mol. The van der Waals surface area contributed by atoms with Crippen LogP contribution < -0.4 is 5.32 Å². The summed E-state index contributed by atoms with van der Waals surface area (Å²) >= 11 is 6.04. The third kappa shape index (κ3) is 2.29. The van der Waals surface area contributed by atoms with E-state index in [0.717, 1.165) is 12.8 Å². The number of hydrogen-bond donors (Lipinski definition) is 1. The standard InChI is InChI=1S/C15H16ClFN2O2/c1-15(9-5-6-9)14(21)18-7-13(20)19(15)8-10-11(16)3-2-4-12(10)17/h2-4,9H,5-8H2,1H3,(H,18,21). The summed E-state index contributed by atoms with van der Waals surface area (Å²) in [5, 5.41) is 2.90. The van der Waals surface area contributed by atoms with Crippen molar-refractivity contribution in [2.45, 2.75) is 31.8 Å². The Balaban J connectivity index is 1.97. The molecule has 2 fully saturated rings. The van der Waals surface area contributed by atoms with Crippen molar-refractivity contribution >= 4 is 23.4 Å². The topological polar surface area (TPSA) is 49.4 Å². The second-order valence-corrected chi connectivity index (χ2v) is 6.19. The van der Waals surface area contributed by atoms with Crippen LogP contribution in [0.15, 0.2) is 18.2 Å². The van der Waals surface area contributed by atoms with E-state index in [1.165, 1.54) is 17.0 Å². The molecule has 4 nitrogen and oxygen atoms in total. The van der Waals surface area contributed by atoms with Crippen molar-refractivity contribution in [3.8, 4) is 0 Å². The van der Waals surface area contributed by atoms with Crippen LogP contribution in [-0.2, 0) is 16.1 Å². The maximum atomic E-state index is 14.0. The molecule has 2 amide bonds. The molecule has 112 valence electrons. The van der Waals surface area contributed by atoms with E-state index >= 15 is 0 Å². The van der Waals surface area contributed by atoms with Crippen LogP contribution in [0.2, 0.25) is 5.02 Å². The zero-order valence-electron chi connectivity index (χ0n) is 11.7. The Labute approximate surface area is 127 Å². The van der Waals surface area contributed by atoms with Gasteiger partial charge in [0.05, 0.1) is 13.1 Å². The smallest absolute Gasteiger partial charge is 0.246 e. The fraction of sp³-hybridized carbons (Fsp3) is 0.467. The molecule has 1 aromatic carbocycles. The average Bonchev–Trinajstić information content (AvgIpc) is 3.27. The number of rotatable bonds is 3. The Morgan fingerprint density at radius 2 is 2.14 bits per heavy atom. The number of carbonyl (C=O) groups is 2. The van der Waals surface area contributed by atoms with Crippen LogP contribution in [0.4, 0.5) is 4.39 Å². The monoisotopic (exact) mass is 310 g/mol. The first-order valence-corrected chi connectivity index (χ1v) is 7.34. The Morgan fingerprint density at radius 3 is 2.76 bits per heavy atom. The predicted octanol–water partition coefficient (Wildman–Crippen LogP) is 2.11. The Morgan fingerprint density at radius 1 is 1.43 bits per heavy atom. The number of piperazine rings is 1. The van der Waals surface area contributed by atoms with Gasteiger partial charge in [0.2, 0.25) is 11.8 Å². The van der Waals surface area contributed by atoms with Gasteiger partial charge in [-0.05, 0) is 37.8 Å². The second-order valence-electron chi connectivity index (χ2n) is 5.78. The molecular formula is C15H16ClFN2O2. The molecule has 0 bridgehead atoms. The van der Waals surface area contributed by atoms with E-state index in [9.17, 15) is 14.0 Å². The van der Waals surface area contributed by atoms with Gasteiger partial charge in [0, 0.05) is 10.6 Å². The first kappa shape index (κ1) is 14.3. The molecule has 1 aliphatic heterocycles. The zero-order valence-corrected chi connectivity index (χ0v) is 12.4. The molecule has 3 rings (SSSR count). The number of benzene rings is 1. The van der Waals surface area contributed by atoms with Crippen molar-refractivity contribution in [3.63, 3.8) is 0 Å². The highest BCUT2D eigenvalue weighted by Crippen LogP contribution is 2.45. The Bertz CT molecular complexity index is 597. The van der Waals surface area contributed by atoms with Crippen molar-refractivity contribution in [2.24, 2.45) is 5.92 Å². The van der Waals surface area contributed by atoms with E-state index in [0.29, 0.717) is 0 Å². The van der Waals surface area contributed by atoms with Gasteiger partial charge in [-0.2, -0.15) is 0 Å². The highest BCUT2D eigenvalue weighted by Gasteiger charge is 2.54. The molecule has 1 saturated carbocycles. The molecule has 1 N–H and O–H groups in total. The molecule has 0 radical (unpaired) electrons. The minimum atomic E-state index is -0.916. The molecule has 2 aliphatic rings. The number of hydrogen-bond acceptors (Lipinski definition) is 2. The molecular weight excluding hydrogens is 295 g/mol. The first-order valence-electron chi connectivity index (χ1n) is 6.96. The second kappa shape index (κ2) is 4.98. The number of carbonyl (C=O) groups excluding carboxylic acids is 2. The van der Waals surface area contributed by atoms with Crippen molar-refractivity contribution in [1.82, 2.24) is 10.2 Å². The molecule has 1 heterocycles. The summed E-state index contributed by atoms with van der Waals surface area (Å²) in [4.78, 5) is 26.0. The van der Waals surface area contributed by atoms with E-state index in [4.69, 9.17) is 11.6 Å². The van der Waals surface area contributed by atoms with E-state index in [2.05, 4.69) is 5.32 Å². The molecule has 21 heavy (non-hydrogen) atoms. The third-order valence-electron chi connectivity index (χ3n) is 4.47. The fourth-order valence-electron chi connectivity index (χ4n) is 2.96. The van der Waals surface area contributed by atoms with Crippen molar-refractivity contribution in [1.29, 1.82) is 0 Å². The van der Waals surface area contributed by atoms with E-state index < -0.39 is 11.4 Å². The van der Waals surface area contributed by atoms with Gasteiger partial charge in [-0.1, -0.05) is 17.7 Å². The maximum Gasteiger partial charge on any atom is 0.246 e. The van der Waals surface area contributed by atoms with Gasteiger partial charge in [0.25, 0.3) is 0 Å². The summed E-state index contributed by atoms with van der Waals surface area (Å²) < 4.78 is 14.0. The summed E-state index contributed by atoms with van der Waals surface area (Å²) in [6, 6.07) is 4.42. The zero-order chi connectivity index (χ0) is 15.2. The summed E-state index contributed by atoms with van der Waals surface area (Å²) in [5.41, 5.74) is -0.657. The minimum Gasteiger partial charge on any atom is -0.345 e. The van der Waals surface area contributed by atoms with Gasteiger partial charge in [-0.15, -0.1) is 0 Å². The van der Waals surface area contributed by atoms with Crippen LogP contribution in [0.3, 0.4) is 0 Å². The Hall–Kier alpha value is -1.62. The van der Waals surface area contributed by atoms with E-state index in [1.807, 2.05) is 0 Å². The minimum absolute atomic E-state index is 0.0186. The van der Waals surface area contributed by atoms with Crippen molar-refractivity contribution in [3.05, 3.63) is 34.6 Å². The molecule has 1 aromatic rings. The van der Waals surface area contributed by atoms with Crippen molar-refractivity contribution in [2.75, 3.05) is 6.54 Å². The lowest BCUT2D eigenvalue weighted by molar-refractivity contribution is -0.155. The van der Waals surface area contributed by atoms with Gasteiger partial charge in [-0.3, -0.25) is 9.59 Å². The summed E-state index contributed by atoms with van der Waals surface area (Å²) in [6.45, 7) is 1.73. The summed E-state index contributed by atoms with van der Waals surface area (Å²) in [7, 11) is 0. The molecule has 0 aromatic heterocycles.